The van der Waals surface area contributed by atoms with Gasteiger partial charge in [-0.15, -0.1) is 0 Å². The second kappa shape index (κ2) is 10.5. The van der Waals surface area contributed by atoms with Crippen LogP contribution in [-0.2, 0) is 38.6 Å². The smallest absolute Gasteiger partial charge is 0.411 e. The number of fused-ring (bicyclic) bond motifs is 1. The van der Waals surface area contributed by atoms with Crippen molar-refractivity contribution in [1.29, 1.82) is 0 Å². The summed E-state index contributed by atoms with van der Waals surface area (Å²) in [5.74, 6) is -1.19. The summed E-state index contributed by atoms with van der Waals surface area (Å²) in [4.78, 5) is 39.5. The first-order valence-electron chi connectivity index (χ1n) is 10.9. The minimum atomic E-state index is -1.02. The molecule has 0 unspecified atom stereocenters. The molecule has 0 fully saturated rings. The molecule has 1 aliphatic heterocycles. The summed E-state index contributed by atoms with van der Waals surface area (Å²) >= 11 is 0. The Labute approximate surface area is 194 Å². The lowest BCUT2D eigenvalue weighted by Crippen LogP contribution is -2.57. The lowest BCUT2D eigenvalue weighted by Gasteiger charge is -2.36. The fraction of sp³-hybridized carbons (Fsp3) is 0.400. The number of rotatable bonds is 7. The maximum absolute atomic E-state index is 13.2. The molecule has 8 heteroatoms. The number of carbonyl (C=O) groups excluding carboxylic acids is 3. The van der Waals surface area contributed by atoms with E-state index in [0.29, 0.717) is 6.42 Å². The number of nitrogens with zero attached hydrogens (tertiary/aromatic N) is 1. The number of ether oxygens (including phenoxy) is 2. The van der Waals surface area contributed by atoms with Crippen molar-refractivity contribution in [2.45, 2.75) is 58.0 Å². The third kappa shape index (κ3) is 6.79. The van der Waals surface area contributed by atoms with E-state index in [9.17, 15) is 14.4 Å². The third-order valence-electron chi connectivity index (χ3n) is 5.33. The number of carbonyl (C=O) groups is 3. The number of amides is 3. The van der Waals surface area contributed by atoms with Gasteiger partial charge < -0.3 is 20.5 Å². The average molecular weight is 454 g/mol. The van der Waals surface area contributed by atoms with Crippen molar-refractivity contribution in [3.8, 4) is 0 Å². The Bertz CT molecular complexity index is 987. The molecule has 3 rings (SSSR count). The van der Waals surface area contributed by atoms with E-state index in [1.54, 1.807) is 0 Å². The van der Waals surface area contributed by atoms with Gasteiger partial charge in [0, 0.05) is 6.42 Å². The van der Waals surface area contributed by atoms with Gasteiger partial charge in [0.25, 0.3) is 0 Å². The Morgan fingerprint density at radius 3 is 2.33 bits per heavy atom. The van der Waals surface area contributed by atoms with Crippen LogP contribution >= 0.6 is 0 Å². The van der Waals surface area contributed by atoms with Gasteiger partial charge in [-0.05, 0) is 37.5 Å². The maximum Gasteiger partial charge on any atom is 0.411 e. The van der Waals surface area contributed by atoms with Crippen LogP contribution in [0.3, 0.4) is 0 Å². The molecule has 3 amide bonds. The van der Waals surface area contributed by atoms with Crippen LogP contribution in [0.1, 0.15) is 37.5 Å². The number of nitrogens with two attached hydrogens (primary N) is 1. The first-order chi connectivity index (χ1) is 15.6. The summed E-state index contributed by atoms with van der Waals surface area (Å²) in [5, 5.41) is 2.66. The van der Waals surface area contributed by atoms with Crippen LogP contribution in [0.4, 0.5) is 4.79 Å². The van der Waals surface area contributed by atoms with Gasteiger partial charge >= 0.3 is 6.09 Å². The first-order valence-corrected chi connectivity index (χ1v) is 10.9. The summed E-state index contributed by atoms with van der Waals surface area (Å²) in [7, 11) is 0. The van der Waals surface area contributed by atoms with Crippen LogP contribution in [0, 0.1) is 0 Å². The highest BCUT2D eigenvalue weighted by Gasteiger charge is 2.37. The standard InChI is InChI=1S/C25H31N3O5/c1-25(2,3)33-16-20(22(26)29)27-23(30)21-13-18-11-7-8-12-19(18)14-28(21)24(31)32-15-17-9-5-4-6-10-17/h4-12,20-21H,13-16H2,1-3H3,(H2,26,29)(H,27,30)/t20-,21-/m0/s1. The monoisotopic (exact) mass is 453 g/mol. The lowest BCUT2D eigenvalue weighted by atomic mass is 9.93. The molecule has 2 aromatic rings. The molecule has 2 aromatic carbocycles. The quantitative estimate of drug-likeness (QED) is 0.669. The second-order valence-electron chi connectivity index (χ2n) is 9.04. The molecule has 0 spiro atoms. The highest BCUT2D eigenvalue weighted by atomic mass is 16.6. The van der Waals surface area contributed by atoms with Crippen molar-refractivity contribution in [3.63, 3.8) is 0 Å². The van der Waals surface area contributed by atoms with Gasteiger partial charge in [0.15, 0.2) is 0 Å². The molecule has 0 aliphatic carbocycles. The zero-order valence-electron chi connectivity index (χ0n) is 19.2. The Hall–Kier alpha value is -3.39. The zero-order valence-corrected chi connectivity index (χ0v) is 19.2. The number of hydrogen-bond acceptors (Lipinski definition) is 5. The van der Waals surface area contributed by atoms with Crippen LogP contribution < -0.4 is 11.1 Å². The van der Waals surface area contributed by atoms with Gasteiger partial charge in [-0.2, -0.15) is 0 Å². The fourth-order valence-electron chi connectivity index (χ4n) is 3.55. The number of benzene rings is 2. The summed E-state index contributed by atoms with van der Waals surface area (Å²) in [5.41, 5.74) is 7.74. The average Bonchev–Trinajstić information content (AvgIpc) is 2.79. The zero-order chi connectivity index (χ0) is 24.0. The first kappa shape index (κ1) is 24.3. The maximum atomic E-state index is 13.2. The molecular weight excluding hydrogens is 422 g/mol. The topological polar surface area (TPSA) is 111 Å². The molecule has 3 N–H and O–H groups in total. The molecule has 0 radical (unpaired) electrons. The van der Waals surface area contributed by atoms with Crippen LogP contribution in [-0.4, -0.2) is 47.1 Å². The molecule has 0 aromatic heterocycles. The van der Waals surface area contributed by atoms with E-state index in [4.69, 9.17) is 15.2 Å². The van der Waals surface area contributed by atoms with Crippen molar-refractivity contribution in [2.24, 2.45) is 5.73 Å². The van der Waals surface area contributed by atoms with Crippen molar-refractivity contribution in [1.82, 2.24) is 10.2 Å². The second-order valence-corrected chi connectivity index (χ2v) is 9.04. The van der Waals surface area contributed by atoms with Gasteiger partial charge in [0.2, 0.25) is 11.8 Å². The fourth-order valence-corrected chi connectivity index (χ4v) is 3.55. The van der Waals surface area contributed by atoms with Crippen LogP contribution in [0.5, 0.6) is 0 Å². The highest BCUT2D eigenvalue weighted by molar-refractivity contribution is 5.91. The van der Waals surface area contributed by atoms with E-state index in [1.807, 2.05) is 75.4 Å². The molecular formula is C25H31N3O5. The number of hydrogen-bond donors (Lipinski definition) is 2. The lowest BCUT2D eigenvalue weighted by molar-refractivity contribution is -0.133. The molecule has 1 heterocycles. The minimum absolute atomic E-state index is 0.0632. The molecule has 1 aliphatic rings. The van der Waals surface area contributed by atoms with E-state index in [-0.39, 0.29) is 19.8 Å². The molecule has 0 saturated heterocycles. The molecule has 33 heavy (non-hydrogen) atoms. The molecule has 0 saturated carbocycles. The van der Waals surface area contributed by atoms with Crippen molar-refractivity contribution in [3.05, 3.63) is 71.3 Å². The predicted octanol–water partition coefficient (Wildman–Crippen LogP) is 2.54. The van der Waals surface area contributed by atoms with Gasteiger partial charge in [-0.25, -0.2) is 4.79 Å². The van der Waals surface area contributed by atoms with Crippen molar-refractivity contribution in [2.75, 3.05) is 6.61 Å². The Balaban J connectivity index is 1.76. The highest BCUT2D eigenvalue weighted by Crippen LogP contribution is 2.24. The molecule has 176 valence electrons. The summed E-state index contributed by atoms with van der Waals surface area (Å²) < 4.78 is 11.1. The third-order valence-corrected chi connectivity index (χ3v) is 5.33. The van der Waals surface area contributed by atoms with E-state index in [1.165, 1.54) is 4.90 Å². The van der Waals surface area contributed by atoms with E-state index in [2.05, 4.69) is 5.32 Å². The van der Waals surface area contributed by atoms with Gasteiger partial charge in [-0.1, -0.05) is 54.6 Å². The molecule has 8 nitrogen and oxygen atoms in total. The van der Waals surface area contributed by atoms with Crippen LogP contribution in [0.2, 0.25) is 0 Å². The van der Waals surface area contributed by atoms with Gasteiger partial charge in [-0.3, -0.25) is 14.5 Å². The SMILES string of the molecule is CC(C)(C)OC[C@H](NC(=O)[C@@H]1Cc2ccccc2CN1C(=O)OCc1ccccc1)C(N)=O. The number of primary amides is 1. The van der Waals surface area contributed by atoms with E-state index < -0.39 is 35.6 Å². The van der Waals surface area contributed by atoms with Gasteiger partial charge in [0.1, 0.15) is 18.7 Å². The van der Waals surface area contributed by atoms with Crippen LogP contribution in [0.25, 0.3) is 0 Å². The van der Waals surface area contributed by atoms with Gasteiger partial charge in [0.05, 0.1) is 18.8 Å². The summed E-state index contributed by atoms with van der Waals surface area (Å²) in [6.45, 7) is 5.78. The Morgan fingerprint density at radius 1 is 1.06 bits per heavy atom. The van der Waals surface area contributed by atoms with Crippen molar-refractivity contribution < 1.29 is 23.9 Å². The van der Waals surface area contributed by atoms with E-state index >= 15 is 0 Å². The Kier molecular flexibility index (Phi) is 7.71. The normalized spacial score (nSPS) is 16.5. The minimum Gasteiger partial charge on any atom is -0.445 e. The summed E-state index contributed by atoms with van der Waals surface area (Å²) in [6, 6.07) is 15.1. The molecule has 2 atom stereocenters. The van der Waals surface area contributed by atoms with E-state index in [0.717, 1.165) is 16.7 Å². The predicted molar refractivity (Wildman–Crippen MR) is 123 cm³/mol. The van der Waals surface area contributed by atoms with Crippen molar-refractivity contribution >= 4 is 17.9 Å². The molecule has 0 bridgehead atoms. The number of nitrogens with one attached hydrogen (secondary N) is 1. The summed E-state index contributed by atoms with van der Waals surface area (Å²) in [6.07, 6.45) is -0.302. The Morgan fingerprint density at radius 2 is 1.70 bits per heavy atom. The largest absolute Gasteiger partial charge is 0.445 e. The van der Waals surface area contributed by atoms with Crippen LogP contribution in [0.15, 0.2) is 54.6 Å².